The number of piperidine rings is 1. The van der Waals surface area contributed by atoms with E-state index >= 15 is 0 Å². The number of para-hydroxylation sites is 1. The highest BCUT2D eigenvalue weighted by Gasteiger charge is 2.43. The molecule has 3 aromatic rings. The van der Waals surface area contributed by atoms with E-state index in [0.717, 1.165) is 16.7 Å². The zero-order valence-electron chi connectivity index (χ0n) is 18.2. The molecular weight excluding hydrogens is 402 g/mol. The van der Waals surface area contributed by atoms with Gasteiger partial charge < -0.3 is 15.4 Å². The third-order valence-corrected chi connectivity index (χ3v) is 6.24. The number of rotatable bonds is 6. The summed E-state index contributed by atoms with van der Waals surface area (Å²) in [6, 6.07) is 19.0. The molecule has 1 aliphatic heterocycles. The first kappa shape index (κ1) is 21.6. The highest BCUT2D eigenvalue weighted by Crippen LogP contribution is 2.37. The van der Waals surface area contributed by atoms with Crippen molar-refractivity contribution in [2.45, 2.75) is 19.3 Å². The summed E-state index contributed by atoms with van der Waals surface area (Å²) in [6.45, 7) is 0.858. The van der Waals surface area contributed by atoms with Gasteiger partial charge in [-0.05, 0) is 48.6 Å². The summed E-state index contributed by atoms with van der Waals surface area (Å²) in [5.41, 5.74) is 8.66. The molecule has 4 rings (SSSR count). The fraction of sp³-hybridized carbons (Fsp3) is 0.269. The summed E-state index contributed by atoms with van der Waals surface area (Å²) in [4.78, 5) is 32.1. The third kappa shape index (κ3) is 4.21. The minimum atomic E-state index is -0.839. The second-order valence-electron chi connectivity index (χ2n) is 8.25. The van der Waals surface area contributed by atoms with E-state index < -0.39 is 5.41 Å². The second kappa shape index (κ2) is 9.22. The monoisotopic (exact) mass is 429 g/mol. The summed E-state index contributed by atoms with van der Waals surface area (Å²) < 4.78 is 5.37. The van der Waals surface area contributed by atoms with E-state index in [4.69, 9.17) is 10.5 Å². The Morgan fingerprint density at radius 2 is 1.88 bits per heavy atom. The summed E-state index contributed by atoms with van der Waals surface area (Å²) in [7, 11) is 1.55. The molecule has 2 heterocycles. The van der Waals surface area contributed by atoms with Crippen LogP contribution in [0.25, 0.3) is 11.1 Å². The van der Waals surface area contributed by atoms with Crippen molar-refractivity contribution in [3.8, 4) is 16.9 Å². The maximum absolute atomic E-state index is 13.3. The van der Waals surface area contributed by atoms with Gasteiger partial charge in [0.1, 0.15) is 5.75 Å². The lowest BCUT2D eigenvalue weighted by Crippen LogP contribution is -2.53. The fourth-order valence-electron chi connectivity index (χ4n) is 4.57. The van der Waals surface area contributed by atoms with Gasteiger partial charge in [0, 0.05) is 31.0 Å². The maximum Gasteiger partial charge on any atom is 0.257 e. The van der Waals surface area contributed by atoms with Gasteiger partial charge >= 0.3 is 0 Å². The van der Waals surface area contributed by atoms with Crippen molar-refractivity contribution in [1.82, 2.24) is 9.88 Å². The summed E-state index contributed by atoms with van der Waals surface area (Å²) in [6.07, 6.45) is 5.36. The van der Waals surface area contributed by atoms with Crippen LogP contribution in [0.3, 0.4) is 0 Å². The van der Waals surface area contributed by atoms with Crippen LogP contribution in [0.4, 0.5) is 0 Å². The van der Waals surface area contributed by atoms with Crippen LogP contribution in [0.1, 0.15) is 28.8 Å². The van der Waals surface area contributed by atoms with Gasteiger partial charge in [0.05, 0.1) is 18.1 Å². The first-order valence-electron chi connectivity index (χ1n) is 10.7. The molecule has 0 unspecified atom stereocenters. The molecule has 164 valence electrons. The molecule has 6 heteroatoms. The van der Waals surface area contributed by atoms with Gasteiger partial charge in [-0.15, -0.1) is 0 Å². The third-order valence-electron chi connectivity index (χ3n) is 6.24. The molecule has 0 aliphatic carbocycles. The number of nitrogens with two attached hydrogens (primary N) is 1. The minimum Gasteiger partial charge on any atom is -0.496 e. The normalized spacial score (nSPS) is 18.2. The van der Waals surface area contributed by atoms with Crippen molar-refractivity contribution in [3.05, 3.63) is 84.2 Å². The molecule has 1 aliphatic rings. The van der Waals surface area contributed by atoms with Crippen molar-refractivity contribution >= 4 is 11.8 Å². The standard InChI is InChI=1S/C26H27N3O3/c1-32-23-12-5-4-11-22(23)24(30)29-15-7-13-26(18-29,25(27)31)16-19-8-2-3-10-21(19)20-9-6-14-28-17-20/h2-6,8-12,14,17H,7,13,15-16,18H2,1H3,(H2,27,31)/t26-/m0/s1. The topological polar surface area (TPSA) is 85.5 Å². The number of methoxy groups -OCH3 is 1. The molecule has 2 amide bonds. The first-order chi connectivity index (χ1) is 15.5. The van der Waals surface area contributed by atoms with Crippen LogP contribution in [0.2, 0.25) is 0 Å². The molecule has 0 saturated carbocycles. The van der Waals surface area contributed by atoms with E-state index in [0.29, 0.717) is 37.1 Å². The number of carbonyl (C=O) groups is 2. The Morgan fingerprint density at radius 1 is 1.09 bits per heavy atom. The number of nitrogens with zero attached hydrogens (tertiary/aromatic N) is 2. The number of likely N-dealkylation sites (tertiary alicyclic amines) is 1. The number of amides is 2. The van der Waals surface area contributed by atoms with Crippen LogP contribution >= 0.6 is 0 Å². The quantitative estimate of drug-likeness (QED) is 0.647. The zero-order valence-corrected chi connectivity index (χ0v) is 18.2. The maximum atomic E-state index is 13.3. The van der Waals surface area contributed by atoms with Gasteiger partial charge in [-0.3, -0.25) is 14.6 Å². The highest BCUT2D eigenvalue weighted by atomic mass is 16.5. The second-order valence-corrected chi connectivity index (χ2v) is 8.25. The van der Waals surface area contributed by atoms with Gasteiger partial charge in [-0.1, -0.05) is 42.5 Å². The Balaban J connectivity index is 1.65. The molecular formula is C26H27N3O3. The van der Waals surface area contributed by atoms with Gasteiger partial charge in [0.15, 0.2) is 0 Å². The molecule has 0 spiro atoms. The molecule has 1 aromatic heterocycles. The SMILES string of the molecule is COc1ccccc1C(=O)N1CCC[C@@](Cc2ccccc2-c2cccnc2)(C(N)=O)C1. The first-order valence-corrected chi connectivity index (χ1v) is 10.7. The zero-order chi connectivity index (χ0) is 22.6. The smallest absolute Gasteiger partial charge is 0.257 e. The number of carbonyl (C=O) groups excluding carboxylic acids is 2. The van der Waals surface area contributed by atoms with Crippen molar-refractivity contribution in [2.75, 3.05) is 20.2 Å². The van der Waals surface area contributed by atoms with E-state index in [1.807, 2.05) is 54.7 Å². The molecule has 32 heavy (non-hydrogen) atoms. The average molecular weight is 430 g/mol. The molecule has 1 fully saturated rings. The van der Waals surface area contributed by atoms with Gasteiger partial charge in [0.25, 0.3) is 5.91 Å². The summed E-state index contributed by atoms with van der Waals surface area (Å²) in [5.74, 6) is -0.000919. The molecule has 0 radical (unpaired) electrons. The van der Waals surface area contributed by atoms with Gasteiger partial charge in [-0.25, -0.2) is 0 Å². The largest absolute Gasteiger partial charge is 0.496 e. The fourth-order valence-corrected chi connectivity index (χ4v) is 4.57. The lowest BCUT2D eigenvalue weighted by Gasteiger charge is -2.41. The molecule has 2 N–H and O–H groups in total. The predicted molar refractivity (Wildman–Crippen MR) is 123 cm³/mol. The Kier molecular flexibility index (Phi) is 6.21. The molecule has 6 nitrogen and oxygen atoms in total. The van der Waals surface area contributed by atoms with Crippen LogP contribution in [0.15, 0.2) is 73.1 Å². The molecule has 1 atom stereocenters. The van der Waals surface area contributed by atoms with E-state index in [1.165, 1.54) is 0 Å². The average Bonchev–Trinajstić information content (AvgIpc) is 2.84. The lowest BCUT2D eigenvalue weighted by atomic mass is 9.73. The van der Waals surface area contributed by atoms with Crippen molar-refractivity contribution in [3.63, 3.8) is 0 Å². The Hall–Kier alpha value is -3.67. The van der Waals surface area contributed by atoms with Crippen LogP contribution in [-0.4, -0.2) is 41.9 Å². The molecule has 2 aromatic carbocycles. The Morgan fingerprint density at radius 3 is 2.62 bits per heavy atom. The number of aromatic nitrogens is 1. The van der Waals surface area contributed by atoms with E-state index in [2.05, 4.69) is 4.98 Å². The summed E-state index contributed by atoms with van der Waals surface area (Å²) in [5, 5.41) is 0. The number of primary amides is 1. The van der Waals surface area contributed by atoms with E-state index in [-0.39, 0.29) is 18.4 Å². The van der Waals surface area contributed by atoms with Gasteiger partial charge in [-0.2, -0.15) is 0 Å². The van der Waals surface area contributed by atoms with Crippen molar-refractivity contribution < 1.29 is 14.3 Å². The van der Waals surface area contributed by atoms with Crippen LogP contribution in [0.5, 0.6) is 5.75 Å². The summed E-state index contributed by atoms with van der Waals surface area (Å²) >= 11 is 0. The van der Waals surface area contributed by atoms with E-state index in [1.54, 1.807) is 30.3 Å². The molecule has 0 bridgehead atoms. The predicted octanol–water partition coefficient (Wildman–Crippen LogP) is 3.71. The Bertz CT molecular complexity index is 1120. The van der Waals surface area contributed by atoms with Crippen LogP contribution < -0.4 is 10.5 Å². The van der Waals surface area contributed by atoms with Crippen LogP contribution in [0, 0.1) is 5.41 Å². The van der Waals surface area contributed by atoms with Crippen molar-refractivity contribution in [2.24, 2.45) is 11.1 Å². The van der Waals surface area contributed by atoms with Crippen molar-refractivity contribution in [1.29, 1.82) is 0 Å². The van der Waals surface area contributed by atoms with E-state index in [9.17, 15) is 9.59 Å². The number of ether oxygens (including phenoxy) is 1. The highest BCUT2D eigenvalue weighted by molar-refractivity contribution is 5.97. The molecule has 1 saturated heterocycles. The number of pyridine rings is 1. The lowest BCUT2D eigenvalue weighted by molar-refractivity contribution is -0.130. The number of hydrogen-bond donors (Lipinski definition) is 1. The Labute approximate surface area is 188 Å². The number of hydrogen-bond acceptors (Lipinski definition) is 4. The minimum absolute atomic E-state index is 0.145. The number of benzene rings is 2. The van der Waals surface area contributed by atoms with Gasteiger partial charge in [0.2, 0.25) is 5.91 Å². The van der Waals surface area contributed by atoms with Crippen LogP contribution in [-0.2, 0) is 11.2 Å².